The van der Waals surface area contributed by atoms with Crippen LogP contribution in [0.5, 0.6) is 11.5 Å². The van der Waals surface area contributed by atoms with E-state index in [9.17, 15) is 19.2 Å². The molecule has 0 aliphatic carbocycles. The van der Waals surface area contributed by atoms with Crippen molar-refractivity contribution < 1.29 is 28.2 Å². The number of rotatable bonds is 8. The molecule has 0 heterocycles. The number of hydrogen-bond acceptors (Lipinski definition) is 6. The first-order valence-corrected chi connectivity index (χ1v) is 8.37. The predicted octanol–water partition coefficient (Wildman–Crippen LogP) is 3.57. The number of esters is 1. The van der Waals surface area contributed by atoms with Gasteiger partial charge >= 0.3 is 5.97 Å². The Labute approximate surface area is 161 Å². The zero-order valence-electron chi connectivity index (χ0n) is 15.4. The topological polar surface area (TPSA) is 85.6 Å². The molecule has 144 valence electrons. The number of hydrogen-bond donors (Lipinski definition) is 0. The summed E-state index contributed by atoms with van der Waals surface area (Å²) in [5, 5.41) is 9.18. The van der Waals surface area contributed by atoms with Gasteiger partial charge in [0.15, 0.2) is 24.0 Å². The van der Waals surface area contributed by atoms with Gasteiger partial charge in [-0.3, -0.25) is 4.79 Å². The number of Topliss-reactive ketones (excluding diaryl/α,β-unsaturated/α-hetero) is 1. The number of ether oxygens (including phenoxy) is 3. The Morgan fingerprint density at radius 1 is 1.18 bits per heavy atom. The molecular formula is C21H18FNO5. The molecule has 0 unspecified atom stereocenters. The molecule has 2 aromatic carbocycles. The van der Waals surface area contributed by atoms with Gasteiger partial charge in [0.1, 0.15) is 17.4 Å². The van der Waals surface area contributed by atoms with E-state index in [0.29, 0.717) is 17.9 Å². The van der Waals surface area contributed by atoms with E-state index in [1.54, 1.807) is 30.3 Å². The van der Waals surface area contributed by atoms with E-state index in [2.05, 4.69) is 0 Å². The predicted molar refractivity (Wildman–Crippen MR) is 99.4 cm³/mol. The molecule has 0 saturated heterocycles. The standard InChI is InChI=1S/C21H18FNO5/c1-3-27-17-7-4-14(5-8-17)10-16(12-23)21(25)28-13-19(24)15-6-9-20(26-2)18(22)11-15/h4-11H,3,13H2,1-2H3/b16-10+. The molecule has 0 N–H and O–H groups in total. The first-order chi connectivity index (χ1) is 13.5. The van der Waals surface area contributed by atoms with Gasteiger partial charge in [0.25, 0.3) is 0 Å². The Bertz CT molecular complexity index is 929. The second kappa shape index (κ2) is 9.88. The first kappa shape index (κ1) is 20.6. The van der Waals surface area contributed by atoms with E-state index in [-0.39, 0.29) is 16.9 Å². The fraction of sp³-hybridized carbons (Fsp3) is 0.190. The van der Waals surface area contributed by atoms with Gasteiger partial charge in [-0.1, -0.05) is 12.1 Å². The third-order valence-corrected chi connectivity index (χ3v) is 3.65. The quantitative estimate of drug-likeness (QED) is 0.300. The number of halogens is 1. The normalized spacial score (nSPS) is 10.7. The number of ketones is 1. The maximum Gasteiger partial charge on any atom is 0.349 e. The highest BCUT2D eigenvalue weighted by Crippen LogP contribution is 2.18. The van der Waals surface area contributed by atoms with Gasteiger partial charge in [0.05, 0.1) is 13.7 Å². The zero-order valence-corrected chi connectivity index (χ0v) is 15.4. The van der Waals surface area contributed by atoms with Crippen molar-refractivity contribution in [1.29, 1.82) is 5.26 Å². The average molecular weight is 383 g/mol. The third kappa shape index (κ3) is 5.42. The Hall–Kier alpha value is -3.66. The Balaban J connectivity index is 2.02. The van der Waals surface area contributed by atoms with Gasteiger partial charge in [-0.15, -0.1) is 0 Å². The van der Waals surface area contributed by atoms with Gasteiger partial charge in [-0.05, 0) is 48.9 Å². The van der Waals surface area contributed by atoms with Crippen LogP contribution in [0.25, 0.3) is 6.08 Å². The van der Waals surface area contributed by atoms with Crippen LogP contribution in [0.3, 0.4) is 0 Å². The van der Waals surface area contributed by atoms with Crippen molar-refractivity contribution in [1.82, 2.24) is 0 Å². The molecule has 0 amide bonds. The van der Waals surface area contributed by atoms with Crippen LogP contribution in [0.4, 0.5) is 4.39 Å². The summed E-state index contributed by atoms with van der Waals surface area (Å²) in [7, 11) is 1.31. The number of nitrogens with zero attached hydrogens (tertiary/aromatic N) is 1. The third-order valence-electron chi connectivity index (χ3n) is 3.65. The molecule has 2 rings (SSSR count). The second-order valence-corrected chi connectivity index (χ2v) is 5.52. The zero-order chi connectivity index (χ0) is 20.5. The second-order valence-electron chi connectivity index (χ2n) is 5.52. The number of carbonyl (C=O) groups is 2. The first-order valence-electron chi connectivity index (χ1n) is 8.37. The SMILES string of the molecule is CCOc1ccc(/C=C(\C#N)C(=O)OCC(=O)c2ccc(OC)c(F)c2)cc1. The molecule has 0 aliphatic rings. The molecule has 0 atom stereocenters. The van der Waals surface area contributed by atoms with Crippen LogP contribution in [0.15, 0.2) is 48.0 Å². The molecule has 0 saturated carbocycles. The summed E-state index contributed by atoms with van der Waals surface area (Å²) in [5.74, 6) is -1.59. The minimum atomic E-state index is -0.946. The van der Waals surface area contributed by atoms with Crippen LogP contribution in [0.2, 0.25) is 0 Å². The Kier molecular flexibility index (Phi) is 7.28. The van der Waals surface area contributed by atoms with Crippen LogP contribution in [-0.2, 0) is 9.53 Å². The van der Waals surface area contributed by atoms with Crippen LogP contribution in [0.1, 0.15) is 22.8 Å². The van der Waals surface area contributed by atoms with Crippen LogP contribution >= 0.6 is 0 Å². The molecule has 0 radical (unpaired) electrons. The molecular weight excluding hydrogens is 365 g/mol. The minimum Gasteiger partial charge on any atom is -0.494 e. The van der Waals surface area contributed by atoms with E-state index in [1.807, 2.05) is 6.92 Å². The van der Waals surface area contributed by atoms with Crippen LogP contribution in [-0.4, -0.2) is 32.1 Å². The Morgan fingerprint density at radius 2 is 1.89 bits per heavy atom. The monoisotopic (exact) mass is 383 g/mol. The van der Waals surface area contributed by atoms with Crippen LogP contribution in [0, 0.1) is 17.1 Å². The van der Waals surface area contributed by atoms with E-state index in [4.69, 9.17) is 14.2 Å². The van der Waals surface area contributed by atoms with Crippen molar-refractivity contribution in [3.8, 4) is 17.6 Å². The molecule has 28 heavy (non-hydrogen) atoms. The van der Waals surface area contributed by atoms with E-state index in [0.717, 1.165) is 6.07 Å². The largest absolute Gasteiger partial charge is 0.494 e. The minimum absolute atomic E-state index is 0.00130. The summed E-state index contributed by atoms with van der Waals surface area (Å²) >= 11 is 0. The molecule has 0 aromatic heterocycles. The number of benzene rings is 2. The van der Waals surface area contributed by atoms with Gasteiger partial charge in [0, 0.05) is 5.56 Å². The van der Waals surface area contributed by atoms with E-state index >= 15 is 0 Å². The van der Waals surface area contributed by atoms with Gasteiger partial charge in [-0.2, -0.15) is 5.26 Å². The maximum atomic E-state index is 13.7. The average Bonchev–Trinajstić information content (AvgIpc) is 2.71. The van der Waals surface area contributed by atoms with Crippen molar-refractivity contribution in [3.63, 3.8) is 0 Å². The summed E-state index contributed by atoms with van der Waals surface area (Å²) in [6.45, 7) is 1.77. The fourth-order valence-electron chi connectivity index (χ4n) is 2.26. The lowest BCUT2D eigenvalue weighted by Crippen LogP contribution is -2.15. The highest BCUT2D eigenvalue weighted by Gasteiger charge is 2.15. The molecule has 0 bridgehead atoms. The fourth-order valence-corrected chi connectivity index (χ4v) is 2.26. The molecule has 6 nitrogen and oxygen atoms in total. The van der Waals surface area contributed by atoms with Crippen molar-refractivity contribution in [2.75, 3.05) is 20.3 Å². The van der Waals surface area contributed by atoms with E-state index in [1.165, 1.54) is 25.3 Å². The lowest BCUT2D eigenvalue weighted by Gasteiger charge is -2.06. The molecule has 0 spiro atoms. The molecule has 2 aromatic rings. The van der Waals surface area contributed by atoms with E-state index < -0.39 is 24.2 Å². The molecule has 7 heteroatoms. The lowest BCUT2D eigenvalue weighted by atomic mass is 10.1. The van der Waals surface area contributed by atoms with Crippen molar-refractivity contribution in [3.05, 3.63) is 65.0 Å². The number of nitriles is 1. The molecule has 0 aliphatic heterocycles. The van der Waals surface area contributed by atoms with Crippen molar-refractivity contribution in [2.45, 2.75) is 6.92 Å². The summed E-state index contributed by atoms with van der Waals surface area (Å²) < 4.78 is 28.6. The van der Waals surface area contributed by atoms with Crippen molar-refractivity contribution >= 4 is 17.8 Å². The summed E-state index contributed by atoms with van der Waals surface area (Å²) in [6, 6.07) is 12.2. The summed E-state index contributed by atoms with van der Waals surface area (Å²) in [4.78, 5) is 24.1. The Morgan fingerprint density at radius 3 is 2.46 bits per heavy atom. The summed E-state index contributed by atoms with van der Waals surface area (Å²) in [6.07, 6.45) is 1.34. The smallest absolute Gasteiger partial charge is 0.349 e. The van der Waals surface area contributed by atoms with Crippen LogP contribution < -0.4 is 9.47 Å². The number of methoxy groups -OCH3 is 1. The number of carbonyl (C=O) groups excluding carboxylic acids is 2. The van der Waals surface area contributed by atoms with Gasteiger partial charge in [0.2, 0.25) is 0 Å². The summed E-state index contributed by atoms with van der Waals surface area (Å²) in [5.41, 5.74) is 0.360. The molecule has 0 fully saturated rings. The van der Waals surface area contributed by atoms with Crippen molar-refractivity contribution in [2.24, 2.45) is 0 Å². The van der Waals surface area contributed by atoms with Gasteiger partial charge < -0.3 is 14.2 Å². The highest BCUT2D eigenvalue weighted by atomic mass is 19.1. The van der Waals surface area contributed by atoms with Gasteiger partial charge in [-0.25, -0.2) is 9.18 Å². The lowest BCUT2D eigenvalue weighted by molar-refractivity contribution is -0.137. The highest BCUT2D eigenvalue weighted by molar-refractivity contribution is 6.01. The maximum absolute atomic E-state index is 13.7.